The molecular weight excluding hydrogens is 314 g/mol. The van der Waals surface area contributed by atoms with Crippen molar-refractivity contribution in [2.24, 2.45) is 5.92 Å². The maximum atomic E-state index is 4.28. The molecule has 0 saturated carbocycles. The van der Waals surface area contributed by atoms with E-state index in [-0.39, 0.29) is 0 Å². The molecule has 0 radical (unpaired) electrons. The number of hydrogen-bond acceptors (Lipinski definition) is 1. The van der Waals surface area contributed by atoms with Gasteiger partial charge in [-0.3, -0.25) is 0 Å². The smallest absolute Gasteiger partial charge is 0.0381 e. The monoisotopic (exact) mass is 355 g/mol. The molecule has 1 aliphatic carbocycles. The fraction of sp³-hybridized carbons (Fsp3) is 0.600. The number of rotatable bonds is 7. The Morgan fingerprint density at radius 1 is 1.19 bits per heavy atom. The molecule has 2 unspecified atom stereocenters. The van der Waals surface area contributed by atoms with E-state index in [9.17, 15) is 0 Å². The standard InChI is InChI=1S/C23H35N.C2H6/c1-7-8-9-10-19-14-18(5)23(22(15-19)24-6)21-13-17(4)11-12-20(21)16(2)3;1-2/h13-15,20-21,24H,2,7-12H2,1,3-6H3;1-2H3. The van der Waals surface area contributed by atoms with E-state index in [4.69, 9.17) is 0 Å². The van der Waals surface area contributed by atoms with Crippen LogP contribution >= 0.6 is 0 Å². The molecule has 26 heavy (non-hydrogen) atoms. The second-order valence-corrected chi connectivity index (χ2v) is 7.61. The molecule has 0 heterocycles. The Hall–Kier alpha value is -1.50. The van der Waals surface area contributed by atoms with E-state index in [2.05, 4.69) is 64.8 Å². The molecule has 0 amide bonds. The molecule has 1 nitrogen and oxygen atoms in total. The number of hydrogen-bond donors (Lipinski definition) is 1. The normalized spacial score (nSPS) is 19.3. The van der Waals surface area contributed by atoms with Gasteiger partial charge in [0.15, 0.2) is 0 Å². The number of aryl methyl sites for hydroxylation is 2. The predicted octanol–water partition coefficient (Wildman–Crippen LogP) is 7.81. The van der Waals surface area contributed by atoms with E-state index in [1.165, 1.54) is 72.0 Å². The summed E-state index contributed by atoms with van der Waals surface area (Å²) in [6.45, 7) is 17.3. The number of benzene rings is 1. The Labute approximate surface area is 163 Å². The van der Waals surface area contributed by atoms with Crippen LogP contribution in [0.3, 0.4) is 0 Å². The Kier molecular flexibility index (Phi) is 9.76. The van der Waals surface area contributed by atoms with Crippen LogP contribution in [0.5, 0.6) is 0 Å². The van der Waals surface area contributed by atoms with Gasteiger partial charge >= 0.3 is 0 Å². The fourth-order valence-corrected chi connectivity index (χ4v) is 4.15. The summed E-state index contributed by atoms with van der Waals surface area (Å²) in [5.74, 6) is 1.02. The van der Waals surface area contributed by atoms with Gasteiger partial charge in [0.25, 0.3) is 0 Å². The summed E-state index contributed by atoms with van der Waals surface area (Å²) < 4.78 is 0. The van der Waals surface area contributed by atoms with Crippen molar-refractivity contribution >= 4 is 5.69 Å². The van der Waals surface area contributed by atoms with Crippen molar-refractivity contribution in [3.8, 4) is 0 Å². The fourth-order valence-electron chi connectivity index (χ4n) is 4.15. The van der Waals surface area contributed by atoms with Gasteiger partial charge in [-0.05, 0) is 75.1 Å². The Balaban J connectivity index is 0.00000163. The summed E-state index contributed by atoms with van der Waals surface area (Å²) in [7, 11) is 2.06. The van der Waals surface area contributed by atoms with E-state index in [1.807, 2.05) is 13.8 Å². The molecule has 1 aromatic rings. The van der Waals surface area contributed by atoms with Crippen molar-refractivity contribution in [3.63, 3.8) is 0 Å². The zero-order valence-corrected chi connectivity index (χ0v) is 18.3. The summed E-state index contributed by atoms with van der Waals surface area (Å²) in [5, 5.41) is 3.48. The molecule has 1 N–H and O–H groups in total. The lowest BCUT2D eigenvalue weighted by Gasteiger charge is -2.33. The van der Waals surface area contributed by atoms with Gasteiger partial charge in [0.2, 0.25) is 0 Å². The second kappa shape index (κ2) is 11.3. The molecule has 146 valence electrons. The van der Waals surface area contributed by atoms with Crippen LogP contribution in [0.25, 0.3) is 0 Å². The topological polar surface area (TPSA) is 12.0 Å². The van der Waals surface area contributed by atoms with Gasteiger partial charge in [-0.15, -0.1) is 0 Å². The molecule has 1 aromatic carbocycles. The van der Waals surface area contributed by atoms with Gasteiger partial charge in [-0.25, -0.2) is 0 Å². The molecule has 0 saturated heterocycles. The summed E-state index contributed by atoms with van der Waals surface area (Å²) in [6, 6.07) is 4.80. The SMILES string of the molecule is C=C(C)C1CCC(C)=CC1c1c(C)cc(CCCCC)cc1NC.CC. The average molecular weight is 356 g/mol. The molecule has 0 aromatic heterocycles. The van der Waals surface area contributed by atoms with Gasteiger partial charge in [0.05, 0.1) is 0 Å². The number of allylic oxidation sites excluding steroid dienone is 3. The first kappa shape index (κ1) is 22.5. The van der Waals surface area contributed by atoms with E-state index in [1.54, 1.807) is 0 Å². The summed E-state index contributed by atoms with van der Waals surface area (Å²) in [6.07, 6.45) is 9.99. The highest BCUT2D eigenvalue weighted by atomic mass is 14.8. The minimum absolute atomic E-state index is 0.461. The Morgan fingerprint density at radius 3 is 2.46 bits per heavy atom. The third-order valence-corrected chi connectivity index (χ3v) is 5.50. The van der Waals surface area contributed by atoms with Crippen LogP contribution in [-0.4, -0.2) is 7.05 Å². The molecule has 2 atom stereocenters. The highest BCUT2D eigenvalue weighted by molar-refractivity contribution is 5.60. The van der Waals surface area contributed by atoms with Gasteiger partial charge in [-0.2, -0.15) is 0 Å². The number of nitrogens with one attached hydrogen (secondary N) is 1. The van der Waals surface area contributed by atoms with E-state index < -0.39 is 0 Å². The molecule has 1 aliphatic rings. The lowest BCUT2D eigenvalue weighted by atomic mass is 9.72. The largest absolute Gasteiger partial charge is 0.388 e. The maximum Gasteiger partial charge on any atom is 0.0381 e. The lowest BCUT2D eigenvalue weighted by Crippen LogP contribution is -2.19. The first-order chi connectivity index (χ1) is 12.5. The van der Waals surface area contributed by atoms with Crippen LogP contribution in [0.4, 0.5) is 5.69 Å². The van der Waals surface area contributed by atoms with Crippen LogP contribution in [0.1, 0.15) is 89.3 Å². The van der Waals surface area contributed by atoms with Crippen molar-refractivity contribution in [2.75, 3.05) is 12.4 Å². The highest BCUT2D eigenvalue weighted by Gasteiger charge is 2.28. The molecule has 0 aliphatic heterocycles. The van der Waals surface area contributed by atoms with E-state index in [0.29, 0.717) is 11.8 Å². The zero-order valence-electron chi connectivity index (χ0n) is 18.3. The van der Waals surface area contributed by atoms with Gasteiger partial charge in [-0.1, -0.05) is 63.5 Å². The number of unbranched alkanes of at least 4 members (excludes halogenated alkanes) is 2. The number of anilines is 1. The van der Waals surface area contributed by atoms with Crippen LogP contribution < -0.4 is 5.32 Å². The lowest BCUT2D eigenvalue weighted by molar-refractivity contribution is 0.482. The minimum Gasteiger partial charge on any atom is -0.388 e. The quantitative estimate of drug-likeness (QED) is 0.388. The van der Waals surface area contributed by atoms with Crippen molar-refractivity contribution in [1.29, 1.82) is 0 Å². The van der Waals surface area contributed by atoms with Gasteiger partial charge in [0.1, 0.15) is 0 Å². The Bertz CT molecular complexity index is 609. The van der Waals surface area contributed by atoms with Crippen LogP contribution in [0.15, 0.2) is 35.9 Å². The summed E-state index contributed by atoms with van der Waals surface area (Å²) in [4.78, 5) is 0. The average Bonchev–Trinajstić information content (AvgIpc) is 2.62. The van der Waals surface area contributed by atoms with Crippen molar-refractivity contribution in [2.45, 2.75) is 86.0 Å². The zero-order chi connectivity index (χ0) is 19.7. The maximum absolute atomic E-state index is 4.28. The highest BCUT2D eigenvalue weighted by Crippen LogP contribution is 2.43. The van der Waals surface area contributed by atoms with Crippen molar-refractivity contribution in [1.82, 2.24) is 0 Å². The second-order valence-electron chi connectivity index (χ2n) is 7.61. The van der Waals surface area contributed by atoms with Crippen LogP contribution in [-0.2, 0) is 6.42 Å². The predicted molar refractivity (Wildman–Crippen MR) is 119 cm³/mol. The molecule has 1 heteroatoms. The molecule has 2 rings (SSSR count). The van der Waals surface area contributed by atoms with Gasteiger partial charge < -0.3 is 5.32 Å². The molecule has 0 bridgehead atoms. The first-order valence-electron chi connectivity index (χ1n) is 10.6. The van der Waals surface area contributed by atoms with E-state index in [0.717, 1.165) is 0 Å². The van der Waals surface area contributed by atoms with Gasteiger partial charge in [0, 0.05) is 18.7 Å². The minimum atomic E-state index is 0.461. The summed E-state index contributed by atoms with van der Waals surface area (Å²) in [5.41, 5.74) is 8.52. The third-order valence-electron chi connectivity index (χ3n) is 5.50. The van der Waals surface area contributed by atoms with Crippen LogP contribution in [0.2, 0.25) is 0 Å². The van der Waals surface area contributed by atoms with E-state index >= 15 is 0 Å². The Morgan fingerprint density at radius 2 is 1.88 bits per heavy atom. The molecule has 0 fully saturated rings. The summed E-state index contributed by atoms with van der Waals surface area (Å²) >= 11 is 0. The first-order valence-corrected chi connectivity index (χ1v) is 10.6. The van der Waals surface area contributed by atoms with Crippen molar-refractivity contribution in [3.05, 3.63) is 52.6 Å². The van der Waals surface area contributed by atoms with Crippen molar-refractivity contribution < 1.29 is 0 Å². The third kappa shape index (κ3) is 5.76. The molecular formula is C25H41N. The molecule has 0 spiro atoms. The van der Waals surface area contributed by atoms with Crippen LogP contribution in [0, 0.1) is 12.8 Å².